The van der Waals surface area contributed by atoms with E-state index < -0.39 is 19.7 Å². The van der Waals surface area contributed by atoms with Crippen LogP contribution < -0.4 is 0 Å². The second kappa shape index (κ2) is 19.0. The van der Waals surface area contributed by atoms with Crippen molar-refractivity contribution in [1.82, 2.24) is 0 Å². The lowest BCUT2D eigenvalue weighted by molar-refractivity contribution is -0.176. The molecule has 258 valence electrons. The fourth-order valence-corrected chi connectivity index (χ4v) is 9.76. The summed E-state index contributed by atoms with van der Waals surface area (Å²) in [4.78, 5) is 5.05. The highest BCUT2D eigenvalue weighted by atomic mass is 79.9. The van der Waals surface area contributed by atoms with E-state index in [1.807, 2.05) is 0 Å². The third-order valence-corrected chi connectivity index (χ3v) is 14.2. The van der Waals surface area contributed by atoms with Gasteiger partial charge in [-0.2, -0.15) is 0 Å². The highest BCUT2D eigenvalue weighted by Crippen LogP contribution is 2.34. The zero-order valence-corrected chi connectivity index (χ0v) is 35.1. The van der Waals surface area contributed by atoms with Crippen molar-refractivity contribution in [2.75, 3.05) is 0 Å². The Kier molecular flexibility index (Phi) is 15.4. The Hall–Kier alpha value is -2.24. The Morgan fingerprint density at radius 1 is 0.360 bits per heavy atom. The van der Waals surface area contributed by atoms with E-state index >= 15 is 0 Å². The van der Waals surface area contributed by atoms with Crippen molar-refractivity contribution in [3.63, 3.8) is 0 Å². The first-order valence-electron chi connectivity index (χ1n) is 14.2. The van der Waals surface area contributed by atoms with Crippen molar-refractivity contribution in [3.05, 3.63) is 163 Å². The third kappa shape index (κ3) is 11.4. The van der Waals surface area contributed by atoms with Gasteiger partial charge >= 0.3 is 0 Å². The minimum atomic E-state index is -3.82. The van der Waals surface area contributed by atoms with Crippen molar-refractivity contribution < 1.29 is 27.4 Å². The summed E-state index contributed by atoms with van der Waals surface area (Å²) < 4.78 is 54.9. The number of hydrogen-bond acceptors (Lipinski definition) is 8. The van der Waals surface area contributed by atoms with Crippen molar-refractivity contribution >= 4 is 107 Å². The number of sulfone groups is 2. The van der Waals surface area contributed by atoms with E-state index in [1.165, 1.54) is 68.1 Å². The molecule has 0 radical (unpaired) electrons. The van der Waals surface area contributed by atoms with Gasteiger partial charge in [0.1, 0.15) is 0 Å². The zero-order chi connectivity index (χ0) is 36.3. The second-order valence-corrected chi connectivity index (χ2v) is 19.8. The molecule has 0 unspecified atom stereocenters. The highest BCUT2D eigenvalue weighted by Gasteiger charge is 2.23. The SMILES string of the molecule is Brc1ccc(Sc2cccc(Sc3ccc(Br)cc3)c2)cc1.O=S(=O)(c1ccc(Br)cc1)c1cccc(S(=O)(=O)c2ccc(Br)cc2)c1.OO. The Morgan fingerprint density at radius 3 is 1.00 bits per heavy atom. The molecule has 0 aliphatic rings. The van der Waals surface area contributed by atoms with Crippen LogP contribution in [0, 0.1) is 0 Å². The summed E-state index contributed by atoms with van der Waals surface area (Å²) in [5.74, 6) is 0. The number of rotatable bonds is 8. The lowest BCUT2D eigenvalue weighted by Crippen LogP contribution is -2.06. The van der Waals surface area contributed by atoms with Crippen LogP contribution in [0.3, 0.4) is 0 Å². The molecule has 0 bridgehead atoms. The van der Waals surface area contributed by atoms with Crippen LogP contribution in [0.25, 0.3) is 0 Å². The molecule has 2 N–H and O–H groups in total. The van der Waals surface area contributed by atoms with Gasteiger partial charge in [-0.1, -0.05) is 99.4 Å². The summed E-state index contributed by atoms with van der Waals surface area (Å²) in [6.45, 7) is 0. The average Bonchev–Trinajstić information content (AvgIpc) is 3.12. The van der Waals surface area contributed by atoms with Gasteiger partial charge in [0, 0.05) is 37.5 Å². The second-order valence-electron chi connectivity index (χ2n) is 9.98. The largest absolute Gasteiger partial charge is 0.255 e. The fraction of sp³-hybridized carbons (Fsp3) is 0. The van der Waals surface area contributed by atoms with Gasteiger partial charge in [-0.3, -0.25) is 10.5 Å². The molecule has 6 nitrogen and oxygen atoms in total. The quantitative estimate of drug-likeness (QED) is 0.115. The van der Waals surface area contributed by atoms with E-state index in [0.29, 0.717) is 0 Å². The van der Waals surface area contributed by atoms with Crippen molar-refractivity contribution in [2.45, 2.75) is 39.2 Å². The zero-order valence-electron chi connectivity index (χ0n) is 25.5. The van der Waals surface area contributed by atoms with Crippen LogP contribution in [-0.4, -0.2) is 27.4 Å². The maximum atomic E-state index is 12.8. The molecule has 14 heteroatoms. The van der Waals surface area contributed by atoms with Crippen LogP contribution in [0.5, 0.6) is 0 Å². The lowest BCUT2D eigenvalue weighted by Gasteiger charge is -2.09. The molecular weight excluding hydrogens is 976 g/mol. The Balaban J connectivity index is 0.000000217. The normalized spacial score (nSPS) is 11.1. The minimum absolute atomic E-state index is 0.0713. The van der Waals surface area contributed by atoms with E-state index in [2.05, 4.69) is 137 Å². The van der Waals surface area contributed by atoms with Gasteiger partial charge in [-0.05, 0) is 133 Å². The number of benzene rings is 6. The maximum absolute atomic E-state index is 12.8. The van der Waals surface area contributed by atoms with E-state index in [-0.39, 0.29) is 19.6 Å². The summed E-state index contributed by atoms with van der Waals surface area (Å²) >= 11 is 17.0. The molecule has 0 aliphatic carbocycles. The molecule has 0 aromatic heterocycles. The van der Waals surface area contributed by atoms with E-state index in [4.69, 9.17) is 10.5 Å². The predicted molar refractivity (Wildman–Crippen MR) is 214 cm³/mol. The van der Waals surface area contributed by atoms with Crippen LogP contribution in [0.15, 0.2) is 203 Å². The van der Waals surface area contributed by atoms with Gasteiger partial charge in [0.15, 0.2) is 0 Å². The molecule has 0 aliphatic heterocycles. The van der Waals surface area contributed by atoms with E-state index in [9.17, 15) is 16.8 Å². The maximum Gasteiger partial charge on any atom is 0.206 e. The van der Waals surface area contributed by atoms with E-state index in [1.54, 1.807) is 47.8 Å². The average molecular weight is 1000 g/mol. The smallest absolute Gasteiger partial charge is 0.206 e. The molecule has 0 fully saturated rings. The van der Waals surface area contributed by atoms with Crippen LogP contribution in [0.2, 0.25) is 0 Å². The first-order chi connectivity index (χ1) is 23.9. The van der Waals surface area contributed by atoms with Crippen molar-refractivity contribution in [1.29, 1.82) is 0 Å². The summed E-state index contributed by atoms with van der Waals surface area (Å²) in [6.07, 6.45) is 0. The molecule has 6 aromatic rings. The molecule has 0 saturated carbocycles. The Bertz CT molecular complexity index is 2080. The first kappa shape index (κ1) is 40.5. The Labute approximate surface area is 333 Å². The molecule has 0 heterocycles. The summed E-state index contributed by atoms with van der Waals surface area (Å²) in [5.41, 5.74) is 0. The minimum Gasteiger partial charge on any atom is -0.255 e. The van der Waals surface area contributed by atoms with Crippen LogP contribution in [-0.2, 0) is 19.7 Å². The molecule has 0 atom stereocenters. The third-order valence-electron chi connectivity index (χ3n) is 6.58. The molecule has 0 saturated heterocycles. The van der Waals surface area contributed by atoms with Crippen LogP contribution in [0.4, 0.5) is 0 Å². The molecule has 6 aromatic carbocycles. The molecular formula is C36H26Br4O6S4. The monoisotopic (exact) mass is 998 g/mol. The molecule has 50 heavy (non-hydrogen) atoms. The number of hydrogen-bond donors (Lipinski definition) is 2. The first-order valence-corrected chi connectivity index (χ1v) is 22.0. The lowest BCUT2D eigenvalue weighted by atomic mass is 10.4. The van der Waals surface area contributed by atoms with E-state index in [0.717, 1.165) is 17.9 Å². The molecule has 0 spiro atoms. The summed E-state index contributed by atoms with van der Waals surface area (Å²) in [6, 6.07) is 43.2. The fourth-order valence-electron chi connectivity index (χ4n) is 4.19. The van der Waals surface area contributed by atoms with Gasteiger partial charge in [-0.15, -0.1) is 0 Å². The summed E-state index contributed by atoms with van der Waals surface area (Å²) in [7, 11) is -7.64. The summed E-state index contributed by atoms with van der Waals surface area (Å²) in [5, 5.41) is 12.0. The highest BCUT2D eigenvalue weighted by molar-refractivity contribution is 9.11. The van der Waals surface area contributed by atoms with Crippen molar-refractivity contribution in [2.24, 2.45) is 0 Å². The molecule has 6 rings (SSSR count). The van der Waals surface area contributed by atoms with Gasteiger partial charge in [-0.25, -0.2) is 16.8 Å². The molecule has 0 amide bonds. The van der Waals surface area contributed by atoms with Crippen LogP contribution >= 0.6 is 87.2 Å². The van der Waals surface area contributed by atoms with Gasteiger partial charge in [0.25, 0.3) is 0 Å². The van der Waals surface area contributed by atoms with Gasteiger partial charge < -0.3 is 0 Å². The number of halogens is 4. The topological polar surface area (TPSA) is 109 Å². The Morgan fingerprint density at radius 2 is 0.660 bits per heavy atom. The van der Waals surface area contributed by atoms with Crippen molar-refractivity contribution in [3.8, 4) is 0 Å². The predicted octanol–water partition coefficient (Wildman–Crippen LogP) is 12.4. The van der Waals surface area contributed by atoms with Gasteiger partial charge in [0.2, 0.25) is 19.7 Å². The van der Waals surface area contributed by atoms with Gasteiger partial charge in [0.05, 0.1) is 19.6 Å². The standard InChI is InChI=1S/C18H12Br2O4S2.C18H12Br2S2.H2O2/c19-13-4-8-15(9-5-13)25(21,22)17-2-1-3-18(12-17)26(23,24)16-10-6-14(20)7-11-16;19-13-4-8-15(9-5-13)21-17-2-1-3-18(12-17)22-16-10-6-14(20)7-11-16;1-2/h1-12H;1-12H;1-2H. The van der Waals surface area contributed by atoms with Crippen LogP contribution in [0.1, 0.15) is 0 Å².